The molecular formula is C18H17N5O3. The molecule has 1 aromatic heterocycles. The van der Waals surface area contributed by atoms with Crippen LogP contribution < -0.4 is 10.6 Å². The van der Waals surface area contributed by atoms with Crippen molar-refractivity contribution in [1.29, 1.82) is 0 Å². The molecule has 0 atom stereocenters. The summed E-state index contributed by atoms with van der Waals surface area (Å²) in [7, 11) is 0. The van der Waals surface area contributed by atoms with E-state index in [0.29, 0.717) is 11.4 Å². The lowest BCUT2D eigenvalue weighted by atomic mass is 10.1. The van der Waals surface area contributed by atoms with Crippen LogP contribution in [0.25, 0.3) is 11.3 Å². The van der Waals surface area contributed by atoms with Crippen molar-refractivity contribution in [3.8, 4) is 11.3 Å². The molecule has 0 saturated carbocycles. The highest BCUT2D eigenvalue weighted by Gasteiger charge is 2.12. The second kappa shape index (κ2) is 7.93. The number of benzene rings is 2. The SMILES string of the molecule is O=C(CCNc1ccccc1[N+](=O)[O-])Nc1cccc(-c2ccn[nH]2)c1. The summed E-state index contributed by atoms with van der Waals surface area (Å²) in [4.78, 5) is 22.6. The third kappa shape index (κ3) is 4.23. The molecule has 0 aliphatic carbocycles. The van der Waals surface area contributed by atoms with Gasteiger partial charge in [-0.2, -0.15) is 5.10 Å². The molecular weight excluding hydrogens is 334 g/mol. The van der Waals surface area contributed by atoms with Gasteiger partial charge in [-0.1, -0.05) is 24.3 Å². The van der Waals surface area contributed by atoms with Crippen LogP contribution in [0.4, 0.5) is 17.1 Å². The van der Waals surface area contributed by atoms with Crippen molar-refractivity contribution < 1.29 is 9.72 Å². The molecule has 0 unspecified atom stereocenters. The monoisotopic (exact) mass is 351 g/mol. The number of hydrogen-bond acceptors (Lipinski definition) is 5. The van der Waals surface area contributed by atoms with Gasteiger partial charge in [-0.15, -0.1) is 0 Å². The third-order valence-corrected chi connectivity index (χ3v) is 3.73. The maximum atomic E-state index is 12.1. The number of H-pyrrole nitrogens is 1. The number of nitro benzene ring substituents is 1. The van der Waals surface area contributed by atoms with Gasteiger partial charge >= 0.3 is 0 Å². The Bertz CT molecular complexity index is 909. The number of anilines is 2. The fourth-order valence-electron chi connectivity index (χ4n) is 2.50. The van der Waals surface area contributed by atoms with Crippen molar-refractivity contribution in [3.05, 3.63) is 70.9 Å². The van der Waals surface area contributed by atoms with E-state index in [4.69, 9.17) is 0 Å². The Morgan fingerprint density at radius 3 is 2.77 bits per heavy atom. The molecule has 0 fully saturated rings. The number of nitro groups is 1. The Morgan fingerprint density at radius 1 is 1.15 bits per heavy atom. The van der Waals surface area contributed by atoms with Crippen molar-refractivity contribution in [1.82, 2.24) is 10.2 Å². The summed E-state index contributed by atoms with van der Waals surface area (Å²) in [6, 6.07) is 15.6. The Hall–Kier alpha value is -3.68. The van der Waals surface area contributed by atoms with Crippen molar-refractivity contribution in [2.45, 2.75) is 6.42 Å². The largest absolute Gasteiger partial charge is 0.379 e. The minimum atomic E-state index is -0.455. The van der Waals surface area contributed by atoms with Gasteiger partial charge in [0.2, 0.25) is 5.91 Å². The van der Waals surface area contributed by atoms with E-state index in [1.54, 1.807) is 30.5 Å². The van der Waals surface area contributed by atoms with Crippen LogP contribution in [0, 0.1) is 10.1 Å². The lowest BCUT2D eigenvalue weighted by Crippen LogP contribution is -2.16. The molecule has 0 saturated heterocycles. The average molecular weight is 351 g/mol. The molecule has 0 spiro atoms. The van der Waals surface area contributed by atoms with E-state index >= 15 is 0 Å². The van der Waals surface area contributed by atoms with E-state index in [-0.39, 0.29) is 24.6 Å². The number of carbonyl (C=O) groups excluding carboxylic acids is 1. The van der Waals surface area contributed by atoms with Gasteiger partial charge in [-0.3, -0.25) is 20.0 Å². The predicted molar refractivity (Wildman–Crippen MR) is 98.9 cm³/mol. The number of nitrogens with one attached hydrogen (secondary N) is 3. The zero-order valence-corrected chi connectivity index (χ0v) is 13.8. The molecule has 3 aromatic rings. The number of nitrogens with zero attached hydrogens (tertiary/aromatic N) is 2. The zero-order chi connectivity index (χ0) is 18.4. The molecule has 0 bridgehead atoms. The van der Waals surface area contributed by atoms with E-state index in [1.165, 1.54) is 6.07 Å². The first kappa shape index (κ1) is 17.2. The molecule has 0 radical (unpaired) electrons. The van der Waals surface area contributed by atoms with Crippen LogP contribution in [0.3, 0.4) is 0 Å². The molecule has 0 aliphatic heterocycles. The van der Waals surface area contributed by atoms with Crippen LogP contribution in [0.1, 0.15) is 6.42 Å². The van der Waals surface area contributed by atoms with Gasteiger partial charge in [0.1, 0.15) is 5.69 Å². The van der Waals surface area contributed by atoms with Crippen molar-refractivity contribution in [3.63, 3.8) is 0 Å². The van der Waals surface area contributed by atoms with Crippen LogP contribution in [0.15, 0.2) is 60.8 Å². The third-order valence-electron chi connectivity index (χ3n) is 3.73. The smallest absolute Gasteiger partial charge is 0.292 e. The number of aromatic amines is 1. The minimum Gasteiger partial charge on any atom is -0.379 e. The average Bonchev–Trinajstić information content (AvgIpc) is 3.17. The fourth-order valence-corrected chi connectivity index (χ4v) is 2.50. The Balaban J connectivity index is 1.55. The highest BCUT2D eigenvalue weighted by Crippen LogP contribution is 2.23. The molecule has 132 valence electrons. The zero-order valence-electron chi connectivity index (χ0n) is 13.8. The predicted octanol–water partition coefficient (Wildman–Crippen LogP) is 3.43. The number of para-hydroxylation sites is 2. The maximum absolute atomic E-state index is 12.1. The van der Waals surface area contributed by atoms with E-state index in [9.17, 15) is 14.9 Å². The van der Waals surface area contributed by atoms with Crippen LogP contribution in [0.5, 0.6) is 0 Å². The van der Waals surface area contributed by atoms with Gasteiger partial charge in [-0.25, -0.2) is 0 Å². The quantitative estimate of drug-likeness (QED) is 0.446. The lowest BCUT2D eigenvalue weighted by Gasteiger charge is -2.09. The second-order valence-electron chi connectivity index (χ2n) is 5.55. The van der Waals surface area contributed by atoms with Gasteiger partial charge in [0.05, 0.1) is 10.6 Å². The van der Waals surface area contributed by atoms with Crippen LogP contribution >= 0.6 is 0 Å². The normalized spacial score (nSPS) is 10.3. The lowest BCUT2D eigenvalue weighted by molar-refractivity contribution is -0.384. The van der Waals surface area contributed by atoms with Crippen LogP contribution in [-0.4, -0.2) is 27.6 Å². The van der Waals surface area contributed by atoms with E-state index in [0.717, 1.165) is 11.3 Å². The number of aromatic nitrogens is 2. The first-order chi connectivity index (χ1) is 12.6. The molecule has 3 N–H and O–H groups in total. The van der Waals surface area contributed by atoms with E-state index in [1.807, 2.05) is 24.3 Å². The van der Waals surface area contributed by atoms with E-state index in [2.05, 4.69) is 20.8 Å². The standard InChI is InChI=1S/C18H17N5O3/c24-18(9-10-19-16-6-1-2-7-17(16)23(25)26)21-14-5-3-4-13(12-14)15-8-11-20-22-15/h1-8,11-12,19H,9-10H2,(H,20,22)(H,21,24). The number of amides is 1. The summed E-state index contributed by atoms with van der Waals surface area (Å²) < 4.78 is 0. The molecule has 26 heavy (non-hydrogen) atoms. The number of rotatable bonds is 7. The Morgan fingerprint density at radius 2 is 2.00 bits per heavy atom. The summed E-state index contributed by atoms with van der Waals surface area (Å²) in [6.45, 7) is 0.289. The summed E-state index contributed by atoms with van der Waals surface area (Å²) in [5.41, 5.74) is 2.83. The maximum Gasteiger partial charge on any atom is 0.292 e. The molecule has 8 heteroatoms. The van der Waals surface area contributed by atoms with Crippen molar-refractivity contribution in [2.75, 3.05) is 17.2 Å². The summed E-state index contributed by atoms with van der Waals surface area (Å²) in [5, 5.41) is 23.5. The Kier molecular flexibility index (Phi) is 5.23. The van der Waals surface area contributed by atoms with Gasteiger partial charge in [0, 0.05) is 36.5 Å². The summed E-state index contributed by atoms with van der Waals surface area (Å²) >= 11 is 0. The fraction of sp³-hybridized carbons (Fsp3) is 0.111. The van der Waals surface area contributed by atoms with Gasteiger partial charge in [0.25, 0.3) is 5.69 Å². The van der Waals surface area contributed by atoms with Gasteiger partial charge in [-0.05, 0) is 24.3 Å². The van der Waals surface area contributed by atoms with Crippen LogP contribution in [-0.2, 0) is 4.79 Å². The summed E-state index contributed by atoms with van der Waals surface area (Å²) in [6.07, 6.45) is 1.84. The van der Waals surface area contributed by atoms with Gasteiger partial charge in [0.15, 0.2) is 0 Å². The number of carbonyl (C=O) groups is 1. The molecule has 2 aromatic carbocycles. The first-order valence-corrected chi connectivity index (χ1v) is 8.00. The first-order valence-electron chi connectivity index (χ1n) is 8.00. The van der Waals surface area contributed by atoms with Gasteiger partial charge < -0.3 is 10.6 Å². The molecule has 0 aliphatic rings. The molecule has 1 heterocycles. The number of hydrogen-bond donors (Lipinski definition) is 3. The molecule has 3 rings (SSSR count). The van der Waals surface area contributed by atoms with Crippen molar-refractivity contribution >= 4 is 23.0 Å². The van der Waals surface area contributed by atoms with E-state index < -0.39 is 4.92 Å². The highest BCUT2D eigenvalue weighted by molar-refractivity contribution is 5.91. The van der Waals surface area contributed by atoms with Crippen LogP contribution in [0.2, 0.25) is 0 Å². The molecule has 1 amide bonds. The second-order valence-corrected chi connectivity index (χ2v) is 5.55. The minimum absolute atomic E-state index is 0.0137. The molecule has 8 nitrogen and oxygen atoms in total. The summed E-state index contributed by atoms with van der Waals surface area (Å²) in [5.74, 6) is -0.183. The highest BCUT2D eigenvalue weighted by atomic mass is 16.6. The topological polar surface area (TPSA) is 113 Å². The van der Waals surface area contributed by atoms with Crippen molar-refractivity contribution in [2.24, 2.45) is 0 Å². The Labute approximate surface area is 149 Å².